The van der Waals surface area contributed by atoms with Crippen LogP contribution in [0.4, 0.5) is 0 Å². The van der Waals surface area contributed by atoms with E-state index >= 15 is 0 Å². The summed E-state index contributed by atoms with van der Waals surface area (Å²) in [4.78, 5) is 22.2. The molecular formula is C11H7Br2ClO4. The lowest BCUT2D eigenvalue weighted by atomic mass is 10.3. The normalized spacial score (nSPS) is 9.72. The van der Waals surface area contributed by atoms with Gasteiger partial charge in [-0.15, -0.1) is 0 Å². The van der Waals surface area contributed by atoms with Crippen molar-refractivity contribution in [1.29, 1.82) is 0 Å². The molecule has 1 aromatic carbocycles. The Morgan fingerprint density at radius 3 is 2.61 bits per heavy atom. The summed E-state index contributed by atoms with van der Waals surface area (Å²) in [5, 5.41) is 0.250. The highest BCUT2D eigenvalue weighted by atomic mass is 79.9. The second-order valence-electron chi connectivity index (χ2n) is 2.98. The van der Waals surface area contributed by atoms with E-state index in [1.165, 1.54) is 0 Å². The molecule has 0 heterocycles. The summed E-state index contributed by atoms with van der Waals surface area (Å²) in [6, 6.07) is 3.24. The van der Waals surface area contributed by atoms with Gasteiger partial charge in [0, 0.05) is 10.5 Å². The van der Waals surface area contributed by atoms with Crippen molar-refractivity contribution in [3.8, 4) is 5.75 Å². The van der Waals surface area contributed by atoms with Gasteiger partial charge in [0.15, 0.2) is 12.4 Å². The van der Waals surface area contributed by atoms with Crippen LogP contribution in [0.5, 0.6) is 5.75 Å². The van der Waals surface area contributed by atoms with Gasteiger partial charge in [-0.3, -0.25) is 0 Å². The number of hydrogen-bond acceptors (Lipinski definition) is 4. The van der Waals surface area contributed by atoms with Crippen LogP contribution in [-0.2, 0) is 14.3 Å². The number of hydrogen-bond donors (Lipinski definition) is 0. The van der Waals surface area contributed by atoms with Gasteiger partial charge in [-0.2, -0.15) is 0 Å². The smallest absolute Gasteiger partial charge is 0.349 e. The first-order valence-electron chi connectivity index (χ1n) is 4.58. The molecular weight excluding hydrogens is 391 g/mol. The predicted molar refractivity (Wildman–Crippen MR) is 73.6 cm³/mol. The van der Waals surface area contributed by atoms with Gasteiger partial charge < -0.3 is 9.47 Å². The van der Waals surface area contributed by atoms with Gasteiger partial charge in [-0.1, -0.05) is 34.1 Å². The molecule has 0 saturated carbocycles. The molecule has 0 N–H and O–H groups in total. The summed E-state index contributed by atoms with van der Waals surface area (Å²) in [7, 11) is 0. The highest BCUT2D eigenvalue weighted by molar-refractivity contribution is 9.11. The molecule has 0 saturated heterocycles. The Labute approximate surface area is 125 Å². The van der Waals surface area contributed by atoms with Crippen LogP contribution in [-0.4, -0.2) is 18.5 Å². The first kappa shape index (κ1) is 15.2. The number of rotatable bonds is 4. The summed E-state index contributed by atoms with van der Waals surface area (Å²) in [6.07, 6.45) is 0.954. The molecule has 0 aromatic heterocycles. The summed E-state index contributed by atoms with van der Waals surface area (Å²) in [6.45, 7) is 2.69. The minimum atomic E-state index is -0.741. The van der Waals surface area contributed by atoms with Crippen LogP contribution in [0.3, 0.4) is 0 Å². The second-order valence-corrected chi connectivity index (χ2v) is 5.16. The minimum Gasteiger partial charge on any atom is -0.451 e. The van der Waals surface area contributed by atoms with Gasteiger partial charge in [0.1, 0.15) is 0 Å². The molecule has 0 radical (unpaired) electrons. The van der Waals surface area contributed by atoms with Crippen molar-refractivity contribution in [2.75, 3.05) is 6.61 Å². The quantitative estimate of drug-likeness (QED) is 0.443. The molecule has 4 nitrogen and oxygen atoms in total. The van der Waals surface area contributed by atoms with Crippen LogP contribution < -0.4 is 4.74 Å². The Balaban J connectivity index is 2.70. The van der Waals surface area contributed by atoms with Crippen molar-refractivity contribution in [2.45, 2.75) is 0 Å². The summed E-state index contributed by atoms with van der Waals surface area (Å²) in [5.74, 6) is -1.28. The third-order valence-corrected chi connectivity index (χ3v) is 3.01. The molecule has 96 valence electrons. The molecule has 18 heavy (non-hydrogen) atoms. The number of esters is 2. The molecule has 0 aliphatic carbocycles. The van der Waals surface area contributed by atoms with Gasteiger partial charge in [0.2, 0.25) is 0 Å². The predicted octanol–water partition coefficient (Wildman–Crippen LogP) is 3.50. The Morgan fingerprint density at radius 2 is 2.06 bits per heavy atom. The van der Waals surface area contributed by atoms with Crippen LogP contribution >= 0.6 is 43.5 Å². The van der Waals surface area contributed by atoms with E-state index in [4.69, 9.17) is 16.3 Å². The lowest BCUT2D eigenvalue weighted by Crippen LogP contribution is -2.18. The fraction of sp³-hybridized carbons (Fsp3) is 0.0909. The fourth-order valence-corrected chi connectivity index (χ4v) is 2.77. The van der Waals surface area contributed by atoms with Gasteiger partial charge in [-0.25, -0.2) is 9.59 Å². The Kier molecular flexibility index (Phi) is 5.84. The fourth-order valence-electron chi connectivity index (χ4n) is 0.959. The van der Waals surface area contributed by atoms with E-state index in [9.17, 15) is 9.59 Å². The molecule has 0 unspecified atom stereocenters. The van der Waals surface area contributed by atoms with Crippen molar-refractivity contribution in [2.24, 2.45) is 0 Å². The average Bonchev–Trinajstić information content (AvgIpc) is 2.30. The van der Waals surface area contributed by atoms with Crippen LogP contribution in [0.1, 0.15) is 0 Å². The molecule has 1 rings (SSSR count). The maximum atomic E-state index is 11.4. The van der Waals surface area contributed by atoms with E-state index < -0.39 is 18.5 Å². The van der Waals surface area contributed by atoms with E-state index in [0.29, 0.717) is 4.47 Å². The zero-order valence-electron chi connectivity index (χ0n) is 8.91. The lowest BCUT2D eigenvalue weighted by molar-refractivity contribution is -0.150. The lowest BCUT2D eigenvalue weighted by Gasteiger charge is -2.08. The number of ether oxygens (including phenoxy) is 2. The summed E-state index contributed by atoms with van der Waals surface area (Å²) < 4.78 is 10.7. The highest BCUT2D eigenvalue weighted by Gasteiger charge is 2.14. The number of carbonyl (C=O) groups excluding carboxylic acids is 2. The molecule has 0 aliphatic rings. The van der Waals surface area contributed by atoms with E-state index in [1.807, 2.05) is 0 Å². The molecule has 0 spiro atoms. The maximum absolute atomic E-state index is 11.4. The largest absolute Gasteiger partial charge is 0.451 e. The number of carbonyl (C=O) groups is 2. The third-order valence-electron chi connectivity index (χ3n) is 1.68. The standard InChI is InChI=1S/C11H7Br2ClO4/c1-2-9(15)17-5-10(16)18-11-7(13)3-6(12)4-8(11)14/h2-4H,1,5H2. The number of halogens is 3. The Bertz CT molecular complexity index is 479. The van der Waals surface area contributed by atoms with Gasteiger partial charge in [-0.05, 0) is 28.1 Å². The van der Waals surface area contributed by atoms with E-state index in [0.717, 1.165) is 10.5 Å². The molecule has 0 bridgehead atoms. The SMILES string of the molecule is C=CC(=O)OCC(=O)Oc1c(Cl)cc(Br)cc1Br. The van der Waals surface area contributed by atoms with Crippen LogP contribution in [0.2, 0.25) is 5.02 Å². The zero-order chi connectivity index (χ0) is 13.7. The van der Waals surface area contributed by atoms with Gasteiger partial charge in [0.05, 0.1) is 9.50 Å². The maximum Gasteiger partial charge on any atom is 0.349 e. The molecule has 0 atom stereocenters. The van der Waals surface area contributed by atoms with Crippen molar-refractivity contribution in [3.05, 3.63) is 38.8 Å². The summed E-state index contributed by atoms with van der Waals surface area (Å²) in [5.41, 5.74) is 0. The molecule has 1 aromatic rings. The first-order valence-corrected chi connectivity index (χ1v) is 6.55. The molecule has 0 fully saturated rings. The molecule has 0 aliphatic heterocycles. The Hall–Kier alpha value is -0.850. The van der Waals surface area contributed by atoms with Gasteiger partial charge in [0.25, 0.3) is 0 Å². The van der Waals surface area contributed by atoms with Gasteiger partial charge >= 0.3 is 11.9 Å². The van der Waals surface area contributed by atoms with Crippen molar-refractivity contribution in [1.82, 2.24) is 0 Å². The van der Waals surface area contributed by atoms with Crippen LogP contribution in [0.25, 0.3) is 0 Å². The third kappa shape index (κ3) is 4.44. The first-order chi connectivity index (χ1) is 8.43. The highest BCUT2D eigenvalue weighted by Crippen LogP contribution is 2.36. The average molecular weight is 398 g/mol. The van der Waals surface area contributed by atoms with Crippen molar-refractivity contribution in [3.63, 3.8) is 0 Å². The topological polar surface area (TPSA) is 52.6 Å². The van der Waals surface area contributed by atoms with E-state index in [-0.39, 0.29) is 10.8 Å². The van der Waals surface area contributed by atoms with E-state index in [1.54, 1.807) is 12.1 Å². The van der Waals surface area contributed by atoms with Crippen LogP contribution in [0, 0.1) is 0 Å². The van der Waals surface area contributed by atoms with Crippen molar-refractivity contribution < 1.29 is 19.1 Å². The molecule has 0 amide bonds. The van der Waals surface area contributed by atoms with E-state index in [2.05, 4.69) is 43.2 Å². The second kappa shape index (κ2) is 6.92. The number of benzene rings is 1. The summed E-state index contributed by atoms with van der Waals surface area (Å²) >= 11 is 12.3. The van der Waals surface area contributed by atoms with Crippen LogP contribution in [0.15, 0.2) is 33.7 Å². The molecule has 7 heteroatoms. The monoisotopic (exact) mass is 396 g/mol. The minimum absolute atomic E-state index is 0.166. The van der Waals surface area contributed by atoms with Crippen molar-refractivity contribution >= 4 is 55.4 Å². The zero-order valence-corrected chi connectivity index (χ0v) is 12.8. The Morgan fingerprint density at radius 1 is 1.39 bits per heavy atom.